The minimum Gasteiger partial charge on any atom is -0.496 e. The van der Waals surface area contributed by atoms with Gasteiger partial charge in [0.05, 0.1) is 12.7 Å². The maximum atomic E-state index is 13.2. The van der Waals surface area contributed by atoms with Crippen molar-refractivity contribution in [3.63, 3.8) is 0 Å². The van der Waals surface area contributed by atoms with E-state index in [2.05, 4.69) is 0 Å². The summed E-state index contributed by atoms with van der Waals surface area (Å²) >= 11 is 0. The number of methoxy groups -OCH3 is 1. The van der Waals surface area contributed by atoms with E-state index in [1.165, 1.54) is 7.11 Å². The molecule has 0 radical (unpaired) electrons. The van der Waals surface area contributed by atoms with Crippen molar-refractivity contribution < 1.29 is 13.5 Å². The molecule has 1 aromatic carbocycles. The number of hydrogen-bond donors (Lipinski definition) is 1. The molecule has 0 aliphatic heterocycles. The van der Waals surface area contributed by atoms with Crippen LogP contribution in [0.5, 0.6) is 5.75 Å². The molecular weight excluding hydrogens is 224 g/mol. The quantitative estimate of drug-likeness (QED) is 0.879. The lowest BCUT2D eigenvalue weighted by molar-refractivity contribution is 0.139. The van der Waals surface area contributed by atoms with Crippen LogP contribution in [0.3, 0.4) is 0 Å². The standard InChI is InChI=1S/C13H17F2NO/c1-17-10-5-2-4-9(11(10)12(14)15)13(8-16)6-3-7-13/h2,4-5,12H,3,6-8,16H2,1H3. The van der Waals surface area contributed by atoms with E-state index < -0.39 is 6.43 Å². The second-order valence-corrected chi connectivity index (χ2v) is 4.56. The van der Waals surface area contributed by atoms with Gasteiger partial charge in [0.15, 0.2) is 0 Å². The van der Waals surface area contributed by atoms with Gasteiger partial charge >= 0.3 is 0 Å². The Labute approximate surface area is 99.8 Å². The highest BCUT2D eigenvalue weighted by Gasteiger charge is 2.40. The van der Waals surface area contributed by atoms with Gasteiger partial charge in [0, 0.05) is 12.0 Å². The van der Waals surface area contributed by atoms with Crippen molar-refractivity contribution in [3.8, 4) is 5.75 Å². The molecule has 94 valence electrons. The number of halogens is 2. The first-order valence-electron chi connectivity index (χ1n) is 5.80. The van der Waals surface area contributed by atoms with E-state index in [1.807, 2.05) is 0 Å². The molecule has 0 atom stereocenters. The molecule has 0 unspecified atom stereocenters. The van der Waals surface area contributed by atoms with Crippen LogP contribution in [0.2, 0.25) is 0 Å². The zero-order valence-electron chi connectivity index (χ0n) is 9.88. The number of rotatable bonds is 4. The second-order valence-electron chi connectivity index (χ2n) is 4.56. The van der Waals surface area contributed by atoms with Gasteiger partial charge in [-0.05, 0) is 24.5 Å². The third-order valence-corrected chi connectivity index (χ3v) is 3.78. The highest BCUT2D eigenvalue weighted by Crippen LogP contribution is 2.47. The first-order chi connectivity index (χ1) is 8.14. The van der Waals surface area contributed by atoms with Crippen LogP contribution in [0.4, 0.5) is 8.78 Å². The molecule has 0 spiro atoms. The molecule has 0 heterocycles. The van der Waals surface area contributed by atoms with Crippen molar-refractivity contribution in [2.45, 2.75) is 31.1 Å². The van der Waals surface area contributed by atoms with Crippen LogP contribution in [-0.2, 0) is 5.41 Å². The Bertz CT molecular complexity index is 397. The van der Waals surface area contributed by atoms with Crippen LogP contribution >= 0.6 is 0 Å². The van der Waals surface area contributed by atoms with E-state index in [0.717, 1.165) is 19.3 Å². The van der Waals surface area contributed by atoms with Gasteiger partial charge < -0.3 is 10.5 Å². The van der Waals surface area contributed by atoms with E-state index in [0.29, 0.717) is 12.1 Å². The largest absolute Gasteiger partial charge is 0.496 e. The second kappa shape index (κ2) is 4.61. The van der Waals surface area contributed by atoms with Gasteiger partial charge in [0.1, 0.15) is 5.75 Å². The van der Waals surface area contributed by atoms with Crippen molar-refractivity contribution in [2.75, 3.05) is 13.7 Å². The van der Waals surface area contributed by atoms with E-state index >= 15 is 0 Å². The lowest BCUT2D eigenvalue weighted by Gasteiger charge is -2.42. The van der Waals surface area contributed by atoms with Crippen molar-refractivity contribution in [3.05, 3.63) is 29.3 Å². The van der Waals surface area contributed by atoms with Crippen LogP contribution in [0.25, 0.3) is 0 Å². The summed E-state index contributed by atoms with van der Waals surface area (Å²) in [4.78, 5) is 0. The molecule has 2 rings (SSSR count). The van der Waals surface area contributed by atoms with Crippen molar-refractivity contribution in [1.29, 1.82) is 0 Å². The lowest BCUT2D eigenvalue weighted by atomic mass is 9.63. The van der Waals surface area contributed by atoms with Gasteiger partial charge in [-0.15, -0.1) is 0 Å². The van der Waals surface area contributed by atoms with Gasteiger partial charge in [0.2, 0.25) is 0 Å². The third kappa shape index (κ3) is 1.90. The normalized spacial score (nSPS) is 17.9. The fraction of sp³-hybridized carbons (Fsp3) is 0.538. The number of benzene rings is 1. The summed E-state index contributed by atoms with van der Waals surface area (Å²) in [5.41, 5.74) is 6.19. The number of nitrogens with two attached hydrogens (primary N) is 1. The van der Waals surface area contributed by atoms with Gasteiger partial charge in [0.25, 0.3) is 6.43 Å². The molecule has 2 nitrogen and oxygen atoms in total. The minimum absolute atomic E-state index is 0.0140. The van der Waals surface area contributed by atoms with E-state index in [1.54, 1.807) is 18.2 Å². The fourth-order valence-corrected chi connectivity index (χ4v) is 2.60. The molecule has 17 heavy (non-hydrogen) atoms. The van der Waals surface area contributed by atoms with Crippen LogP contribution in [0.1, 0.15) is 36.8 Å². The van der Waals surface area contributed by atoms with Crippen LogP contribution in [0.15, 0.2) is 18.2 Å². The average molecular weight is 241 g/mol. The number of ether oxygens (including phenoxy) is 1. The number of alkyl halides is 2. The van der Waals surface area contributed by atoms with Crippen LogP contribution < -0.4 is 10.5 Å². The summed E-state index contributed by atoms with van der Waals surface area (Å²) in [6.45, 7) is 0.417. The zero-order valence-corrected chi connectivity index (χ0v) is 9.88. The third-order valence-electron chi connectivity index (χ3n) is 3.78. The highest BCUT2D eigenvalue weighted by molar-refractivity contribution is 5.46. The van der Waals surface area contributed by atoms with E-state index in [9.17, 15) is 8.78 Å². The van der Waals surface area contributed by atoms with E-state index in [-0.39, 0.29) is 16.7 Å². The lowest BCUT2D eigenvalue weighted by Crippen LogP contribution is -2.42. The molecule has 1 fully saturated rings. The molecule has 1 saturated carbocycles. The average Bonchev–Trinajstić information content (AvgIpc) is 2.27. The Morgan fingerprint density at radius 1 is 1.41 bits per heavy atom. The Balaban J connectivity index is 2.52. The molecule has 0 aromatic heterocycles. The minimum atomic E-state index is -2.52. The Kier molecular flexibility index (Phi) is 3.33. The van der Waals surface area contributed by atoms with Crippen molar-refractivity contribution in [1.82, 2.24) is 0 Å². The Hall–Kier alpha value is -1.16. The summed E-state index contributed by atoms with van der Waals surface area (Å²) in [6, 6.07) is 5.10. The van der Waals surface area contributed by atoms with Crippen LogP contribution in [-0.4, -0.2) is 13.7 Å². The first-order valence-corrected chi connectivity index (χ1v) is 5.80. The van der Waals surface area contributed by atoms with E-state index in [4.69, 9.17) is 10.5 Å². The molecule has 1 aliphatic rings. The Morgan fingerprint density at radius 3 is 2.53 bits per heavy atom. The first kappa shape index (κ1) is 12.3. The highest BCUT2D eigenvalue weighted by atomic mass is 19.3. The molecule has 4 heteroatoms. The van der Waals surface area contributed by atoms with Gasteiger partial charge in [-0.1, -0.05) is 18.6 Å². The van der Waals surface area contributed by atoms with Gasteiger partial charge in [-0.2, -0.15) is 0 Å². The van der Waals surface area contributed by atoms with Crippen LogP contribution in [0, 0.1) is 0 Å². The molecule has 2 N–H and O–H groups in total. The van der Waals surface area contributed by atoms with Crippen molar-refractivity contribution >= 4 is 0 Å². The Morgan fingerprint density at radius 2 is 2.12 bits per heavy atom. The molecule has 0 amide bonds. The summed E-state index contributed by atoms with van der Waals surface area (Å²) in [7, 11) is 1.42. The summed E-state index contributed by atoms with van der Waals surface area (Å²) < 4.78 is 31.4. The zero-order chi connectivity index (χ0) is 12.5. The number of hydrogen-bond acceptors (Lipinski definition) is 2. The molecule has 1 aliphatic carbocycles. The maximum absolute atomic E-state index is 13.2. The molecule has 1 aromatic rings. The smallest absolute Gasteiger partial charge is 0.267 e. The van der Waals surface area contributed by atoms with Gasteiger partial charge in [-0.25, -0.2) is 8.78 Å². The predicted octanol–water partition coefficient (Wildman–Crippen LogP) is 3.01. The molecule has 0 saturated heterocycles. The SMILES string of the molecule is COc1cccc(C2(CN)CCC2)c1C(F)F. The van der Waals surface area contributed by atoms with Gasteiger partial charge in [-0.3, -0.25) is 0 Å². The van der Waals surface area contributed by atoms with Crippen molar-refractivity contribution in [2.24, 2.45) is 5.73 Å². The molecular formula is C13H17F2NO. The molecule has 0 bridgehead atoms. The topological polar surface area (TPSA) is 35.2 Å². The monoisotopic (exact) mass is 241 g/mol. The summed E-state index contributed by atoms with van der Waals surface area (Å²) in [5.74, 6) is 0.261. The fourth-order valence-electron chi connectivity index (χ4n) is 2.60. The summed E-state index contributed by atoms with van der Waals surface area (Å²) in [5, 5.41) is 0. The summed E-state index contributed by atoms with van der Waals surface area (Å²) in [6.07, 6.45) is 0.300. The predicted molar refractivity (Wildman–Crippen MR) is 62.5 cm³/mol. The maximum Gasteiger partial charge on any atom is 0.267 e.